The van der Waals surface area contributed by atoms with Gasteiger partial charge in [0.05, 0.1) is 11.1 Å². The molecule has 2 rings (SSSR count). The molecule has 1 aromatic carbocycles. The van der Waals surface area contributed by atoms with Crippen molar-refractivity contribution in [2.45, 2.75) is 0 Å². The van der Waals surface area contributed by atoms with Crippen LogP contribution in [0, 0.1) is 0 Å². The van der Waals surface area contributed by atoms with Gasteiger partial charge in [0.2, 0.25) is 0 Å². The molecule has 0 aliphatic heterocycles. The molecule has 0 unspecified atom stereocenters. The van der Waals surface area contributed by atoms with Gasteiger partial charge in [0.1, 0.15) is 0 Å². The van der Waals surface area contributed by atoms with E-state index in [1.807, 2.05) is 0 Å². The van der Waals surface area contributed by atoms with Crippen LogP contribution >= 0.6 is 0 Å². The average Bonchev–Trinajstić information content (AvgIpc) is 2.39. The molecule has 0 fully saturated rings. The van der Waals surface area contributed by atoms with Crippen LogP contribution in [0.5, 0.6) is 0 Å². The predicted octanol–water partition coefficient (Wildman–Crippen LogP) is 2.15. The normalized spacial score (nSPS) is 10.0. The molecule has 0 saturated heterocycles. The third-order valence-electron chi connectivity index (χ3n) is 2.49. The van der Waals surface area contributed by atoms with Crippen molar-refractivity contribution < 1.29 is 19.8 Å². The highest BCUT2D eigenvalue weighted by molar-refractivity contribution is 6.02. The topological polar surface area (TPSA) is 87.5 Å². The van der Waals surface area contributed by atoms with Crippen molar-refractivity contribution in [3.63, 3.8) is 0 Å². The summed E-state index contributed by atoms with van der Waals surface area (Å²) >= 11 is 0. The van der Waals surface area contributed by atoms with E-state index in [1.165, 1.54) is 12.1 Å². The van der Waals surface area contributed by atoms with E-state index in [2.05, 4.69) is 4.98 Å². The molecule has 5 nitrogen and oxygen atoms in total. The minimum atomic E-state index is -1.26. The van der Waals surface area contributed by atoms with E-state index in [0.29, 0.717) is 5.56 Å². The van der Waals surface area contributed by atoms with Gasteiger partial charge < -0.3 is 10.2 Å². The molecule has 0 atom stereocenters. The third-order valence-corrected chi connectivity index (χ3v) is 2.49. The second kappa shape index (κ2) is 4.67. The molecule has 1 aromatic heterocycles. The van der Waals surface area contributed by atoms with E-state index < -0.39 is 11.9 Å². The van der Waals surface area contributed by atoms with Gasteiger partial charge in [0.15, 0.2) is 0 Å². The number of carbonyl (C=O) groups is 2. The Hall–Kier alpha value is -2.69. The zero-order chi connectivity index (χ0) is 13.1. The van der Waals surface area contributed by atoms with E-state index in [0.717, 1.165) is 5.56 Å². The molecule has 0 spiro atoms. The smallest absolute Gasteiger partial charge is 0.336 e. The molecule has 0 amide bonds. The molecule has 2 aromatic rings. The Balaban J connectivity index is 2.57. The molecule has 18 heavy (non-hydrogen) atoms. The van der Waals surface area contributed by atoms with Gasteiger partial charge in [-0.2, -0.15) is 0 Å². The van der Waals surface area contributed by atoms with Gasteiger partial charge in [0.25, 0.3) is 0 Å². The van der Waals surface area contributed by atoms with E-state index in [9.17, 15) is 9.59 Å². The van der Waals surface area contributed by atoms with Gasteiger partial charge >= 0.3 is 11.9 Å². The monoisotopic (exact) mass is 243 g/mol. The quantitative estimate of drug-likeness (QED) is 0.862. The Labute approximate surface area is 102 Å². The standard InChI is InChI=1S/C13H9NO4/c15-12(16)10-2-1-9(7-11(10)13(17)18)8-3-5-14-6-4-8/h1-7H,(H,15,16)(H,17,18). The molecule has 0 radical (unpaired) electrons. The van der Waals surface area contributed by atoms with Crippen LogP contribution in [0.3, 0.4) is 0 Å². The number of rotatable bonds is 3. The first-order valence-electron chi connectivity index (χ1n) is 5.10. The Kier molecular flexibility index (Phi) is 3.05. The van der Waals surface area contributed by atoms with Crippen molar-refractivity contribution in [1.29, 1.82) is 0 Å². The van der Waals surface area contributed by atoms with Gasteiger partial charge in [-0.3, -0.25) is 4.98 Å². The first-order valence-corrected chi connectivity index (χ1v) is 5.10. The van der Waals surface area contributed by atoms with Gasteiger partial charge in [-0.1, -0.05) is 6.07 Å². The summed E-state index contributed by atoms with van der Waals surface area (Å²) in [6.07, 6.45) is 3.17. The zero-order valence-corrected chi connectivity index (χ0v) is 9.20. The second-order valence-electron chi connectivity index (χ2n) is 3.61. The van der Waals surface area contributed by atoms with Crippen LogP contribution in [0.2, 0.25) is 0 Å². The number of benzene rings is 1. The van der Waals surface area contributed by atoms with E-state index >= 15 is 0 Å². The molecule has 0 bridgehead atoms. The Morgan fingerprint density at radius 3 is 2.00 bits per heavy atom. The summed E-state index contributed by atoms with van der Waals surface area (Å²) in [5.41, 5.74) is 0.973. The summed E-state index contributed by atoms with van der Waals surface area (Å²) in [6.45, 7) is 0. The summed E-state index contributed by atoms with van der Waals surface area (Å²) < 4.78 is 0. The number of carboxylic acids is 2. The highest BCUT2D eigenvalue weighted by Gasteiger charge is 2.16. The molecular formula is C13H9NO4. The average molecular weight is 243 g/mol. The largest absolute Gasteiger partial charge is 0.478 e. The van der Waals surface area contributed by atoms with Crippen LogP contribution in [-0.4, -0.2) is 27.1 Å². The van der Waals surface area contributed by atoms with Gasteiger partial charge in [-0.25, -0.2) is 9.59 Å². The number of hydrogen-bond donors (Lipinski definition) is 2. The van der Waals surface area contributed by atoms with Gasteiger partial charge in [0, 0.05) is 12.4 Å². The lowest BCUT2D eigenvalue weighted by atomic mass is 10.00. The SMILES string of the molecule is O=C(O)c1ccc(-c2ccncc2)cc1C(=O)O. The van der Waals surface area contributed by atoms with Crippen LogP contribution in [0.4, 0.5) is 0 Å². The minimum Gasteiger partial charge on any atom is -0.478 e. The predicted molar refractivity (Wildman–Crippen MR) is 63.6 cm³/mol. The molecule has 90 valence electrons. The first kappa shape index (κ1) is 11.8. The maximum Gasteiger partial charge on any atom is 0.336 e. The van der Waals surface area contributed by atoms with Crippen molar-refractivity contribution in [3.8, 4) is 11.1 Å². The molecule has 0 saturated carbocycles. The molecule has 1 heterocycles. The highest BCUT2D eigenvalue weighted by atomic mass is 16.4. The van der Waals surface area contributed by atoms with Crippen molar-refractivity contribution >= 4 is 11.9 Å². The molecule has 5 heteroatoms. The number of pyridine rings is 1. The van der Waals surface area contributed by atoms with Crippen molar-refractivity contribution in [2.24, 2.45) is 0 Å². The molecule has 0 aliphatic rings. The van der Waals surface area contributed by atoms with Gasteiger partial charge in [-0.15, -0.1) is 0 Å². The molecular weight excluding hydrogens is 234 g/mol. The summed E-state index contributed by atoms with van der Waals surface area (Å²) in [5.74, 6) is -2.52. The van der Waals surface area contributed by atoms with E-state index in [4.69, 9.17) is 10.2 Å². The fourth-order valence-corrected chi connectivity index (χ4v) is 1.63. The summed E-state index contributed by atoms with van der Waals surface area (Å²) in [7, 11) is 0. The Morgan fingerprint density at radius 2 is 1.44 bits per heavy atom. The van der Waals surface area contributed by atoms with Crippen LogP contribution in [0.1, 0.15) is 20.7 Å². The maximum atomic E-state index is 11.0. The number of carboxylic acid groups (broad SMARTS) is 2. The minimum absolute atomic E-state index is 0.222. The lowest BCUT2D eigenvalue weighted by Crippen LogP contribution is -2.07. The summed E-state index contributed by atoms with van der Waals surface area (Å²) in [5, 5.41) is 17.9. The fraction of sp³-hybridized carbons (Fsp3) is 0. The lowest BCUT2D eigenvalue weighted by molar-refractivity contribution is 0.0651. The molecule has 0 aliphatic carbocycles. The van der Waals surface area contributed by atoms with Crippen molar-refractivity contribution in [1.82, 2.24) is 4.98 Å². The lowest BCUT2D eigenvalue weighted by Gasteiger charge is -2.05. The molecule has 2 N–H and O–H groups in total. The van der Waals surface area contributed by atoms with E-state index in [-0.39, 0.29) is 11.1 Å². The highest BCUT2D eigenvalue weighted by Crippen LogP contribution is 2.22. The van der Waals surface area contributed by atoms with Crippen molar-refractivity contribution in [2.75, 3.05) is 0 Å². The first-order chi connectivity index (χ1) is 8.59. The number of hydrogen-bond acceptors (Lipinski definition) is 3. The number of aromatic carboxylic acids is 2. The van der Waals surface area contributed by atoms with Crippen LogP contribution in [0.15, 0.2) is 42.7 Å². The summed E-state index contributed by atoms with van der Waals surface area (Å²) in [6, 6.07) is 7.66. The maximum absolute atomic E-state index is 11.0. The van der Waals surface area contributed by atoms with Crippen molar-refractivity contribution in [3.05, 3.63) is 53.9 Å². The Morgan fingerprint density at radius 1 is 0.833 bits per heavy atom. The zero-order valence-electron chi connectivity index (χ0n) is 9.20. The van der Waals surface area contributed by atoms with Gasteiger partial charge in [-0.05, 0) is 35.4 Å². The fourth-order valence-electron chi connectivity index (χ4n) is 1.63. The van der Waals surface area contributed by atoms with Crippen LogP contribution < -0.4 is 0 Å². The number of aromatic nitrogens is 1. The van der Waals surface area contributed by atoms with Crippen LogP contribution in [-0.2, 0) is 0 Å². The Bertz CT molecular complexity index is 608. The number of nitrogens with zero attached hydrogens (tertiary/aromatic N) is 1. The van der Waals surface area contributed by atoms with E-state index in [1.54, 1.807) is 30.6 Å². The second-order valence-corrected chi connectivity index (χ2v) is 3.61. The third kappa shape index (κ3) is 2.20. The summed E-state index contributed by atoms with van der Waals surface area (Å²) in [4.78, 5) is 25.8. The van der Waals surface area contributed by atoms with Crippen LogP contribution in [0.25, 0.3) is 11.1 Å².